The van der Waals surface area contributed by atoms with Gasteiger partial charge in [-0.15, -0.1) is 11.8 Å². The van der Waals surface area contributed by atoms with Crippen LogP contribution < -0.4 is 10.2 Å². The molecule has 8 nitrogen and oxygen atoms in total. The van der Waals surface area contributed by atoms with Crippen molar-refractivity contribution in [1.82, 2.24) is 10.4 Å². The van der Waals surface area contributed by atoms with E-state index in [1.165, 1.54) is 23.7 Å². The maximum Gasteiger partial charge on any atom is 0.286 e. The van der Waals surface area contributed by atoms with Gasteiger partial charge in [-0.3, -0.25) is 19.8 Å². The molecule has 2 amide bonds. The van der Waals surface area contributed by atoms with Crippen LogP contribution in [0.25, 0.3) is 0 Å². The molecule has 0 spiro atoms. The zero-order chi connectivity index (χ0) is 20.1. The summed E-state index contributed by atoms with van der Waals surface area (Å²) in [5.41, 5.74) is 2.50. The molecule has 1 N–H and O–H groups in total. The number of ketones is 1. The second kappa shape index (κ2) is 9.40. The largest absolute Gasteiger partial charge is 0.477 e. The van der Waals surface area contributed by atoms with Crippen LogP contribution in [0.4, 0.5) is 0 Å². The van der Waals surface area contributed by atoms with Crippen molar-refractivity contribution in [2.45, 2.75) is 43.5 Å². The average molecular weight is 408 g/mol. The predicted octanol–water partition coefficient (Wildman–Crippen LogP) is 1.15. The van der Waals surface area contributed by atoms with E-state index in [0.717, 1.165) is 6.42 Å². The molecule has 9 heteroatoms. The third-order valence-corrected chi connectivity index (χ3v) is 5.74. The highest BCUT2D eigenvalue weighted by Gasteiger charge is 2.51. The van der Waals surface area contributed by atoms with Crippen LogP contribution in [0.5, 0.6) is 5.75 Å². The lowest BCUT2D eigenvalue weighted by molar-refractivity contribution is -0.165. The first-order valence-electron chi connectivity index (χ1n) is 9.10. The lowest BCUT2D eigenvalue weighted by Gasteiger charge is -2.45. The van der Waals surface area contributed by atoms with Gasteiger partial charge in [-0.2, -0.15) is 0 Å². The number of carbonyl (C=O) groups is 3. The van der Waals surface area contributed by atoms with Gasteiger partial charge in [0.2, 0.25) is 12.0 Å². The SMILES string of the molecule is COCC1CCC(C(=O)CS[C@@H]2[C@H](Oc3ccccc3)C(=O)N2NC(C)=O)O1. The van der Waals surface area contributed by atoms with Gasteiger partial charge < -0.3 is 14.2 Å². The fourth-order valence-electron chi connectivity index (χ4n) is 3.15. The number of β-lactam (4-membered cyclic amide) rings is 1. The standard InChI is InChI=1S/C19H24N2O6S/c1-12(22)20-21-18(24)17(27-13-6-4-3-5-7-13)19(21)28-11-15(23)16-9-8-14(26-16)10-25-2/h3-7,14,16-17,19H,8-11H2,1-2H3,(H,20,22)/t14?,16?,17-,19-/m1/s1. The molecule has 3 rings (SSSR count). The Labute approximate surface area is 167 Å². The van der Waals surface area contributed by atoms with Crippen molar-refractivity contribution in [2.24, 2.45) is 0 Å². The number of thioether (sulfide) groups is 1. The van der Waals surface area contributed by atoms with E-state index in [1.54, 1.807) is 19.2 Å². The predicted molar refractivity (Wildman–Crippen MR) is 103 cm³/mol. The van der Waals surface area contributed by atoms with E-state index in [4.69, 9.17) is 14.2 Å². The highest BCUT2D eigenvalue weighted by molar-refractivity contribution is 8.00. The van der Waals surface area contributed by atoms with Crippen molar-refractivity contribution in [1.29, 1.82) is 0 Å². The van der Waals surface area contributed by atoms with E-state index in [2.05, 4.69) is 5.43 Å². The Morgan fingerprint density at radius 3 is 2.71 bits per heavy atom. The number of carbonyl (C=O) groups excluding carboxylic acids is 3. The molecule has 0 radical (unpaired) electrons. The van der Waals surface area contributed by atoms with Crippen LogP contribution in [0.15, 0.2) is 30.3 Å². The Kier molecular flexibility index (Phi) is 6.93. The minimum absolute atomic E-state index is 0.0378. The van der Waals surface area contributed by atoms with E-state index in [0.29, 0.717) is 18.8 Å². The molecule has 28 heavy (non-hydrogen) atoms. The summed E-state index contributed by atoms with van der Waals surface area (Å²) in [6.45, 7) is 1.80. The molecule has 152 valence electrons. The van der Waals surface area contributed by atoms with Gasteiger partial charge in [0.25, 0.3) is 5.91 Å². The molecule has 0 aromatic heterocycles. The molecule has 2 saturated heterocycles. The zero-order valence-corrected chi connectivity index (χ0v) is 16.6. The number of para-hydroxylation sites is 1. The first-order chi connectivity index (χ1) is 13.5. The van der Waals surface area contributed by atoms with Gasteiger partial charge >= 0.3 is 0 Å². The van der Waals surface area contributed by atoms with Crippen LogP contribution in [0, 0.1) is 0 Å². The van der Waals surface area contributed by atoms with Gasteiger partial charge in [-0.25, -0.2) is 5.01 Å². The van der Waals surface area contributed by atoms with Gasteiger partial charge in [0.05, 0.1) is 18.5 Å². The summed E-state index contributed by atoms with van der Waals surface area (Å²) in [4.78, 5) is 36.3. The summed E-state index contributed by atoms with van der Waals surface area (Å²) in [6, 6.07) is 8.97. The van der Waals surface area contributed by atoms with Gasteiger partial charge in [0.15, 0.2) is 5.78 Å². The third kappa shape index (κ3) is 4.84. The Bertz CT molecular complexity index is 716. The smallest absolute Gasteiger partial charge is 0.286 e. The number of methoxy groups -OCH3 is 1. The second-order valence-electron chi connectivity index (χ2n) is 6.68. The third-order valence-electron chi connectivity index (χ3n) is 4.49. The van der Waals surface area contributed by atoms with Crippen LogP contribution in [0.1, 0.15) is 19.8 Å². The number of amides is 2. The molecule has 0 bridgehead atoms. The van der Waals surface area contributed by atoms with Crippen molar-refractivity contribution in [3.63, 3.8) is 0 Å². The van der Waals surface area contributed by atoms with Gasteiger partial charge in [0.1, 0.15) is 17.2 Å². The van der Waals surface area contributed by atoms with E-state index in [-0.39, 0.29) is 29.5 Å². The Morgan fingerprint density at radius 2 is 2.04 bits per heavy atom. The molecule has 4 atom stereocenters. The van der Waals surface area contributed by atoms with E-state index in [9.17, 15) is 14.4 Å². The average Bonchev–Trinajstić information content (AvgIpc) is 3.15. The molecule has 2 aliphatic rings. The number of hydrogen-bond donors (Lipinski definition) is 1. The van der Waals surface area contributed by atoms with Crippen LogP contribution in [-0.4, -0.2) is 65.8 Å². The number of ether oxygens (including phenoxy) is 3. The molecular weight excluding hydrogens is 384 g/mol. The topological polar surface area (TPSA) is 94.2 Å². The van der Waals surface area contributed by atoms with Gasteiger partial charge in [-0.05, 0) is 25.0 Å². The summed E-state index contributed by atoms with van der Waals surface area (Å²) in [6.07, 6.45) is 0.175. The van der Waals surface area contributed by atoms with Crippen molar-refractivity contribution >= 4 is 29.4 Å². The number of Topliss-reactive ketones (excluding diaryl/α,β-unsaturated/α-hetero) is 1. The van der Waals surface area contributed by atoms with Crippen LogP contribution in [0.3, 0.4) is 0 Å². The summed E-state index contributed by atoms with van der Waals surface area (Å²) >= 11 is 1.26. The maximum atomic E-state index is 12.5. The monoisotopic (exact) mass is 408 g/mol. The van der Waals surface area contributed by atoms with Crippen molar-refractivity contribution in [3.8, 4) is 5.75 Å². The van der Waals surface area contributed by atoms with Crippen molar-refractivity contribution in [3.05, 3.63) is 30.3 Å². The Balaban J connectivity index is 1.58. The highest BCUT2D eigenvalue weighted by atomic mass is 32.2. The number of hydrazine groups is 1. The molecule has 0 saturated carbocycles. The van der Waals surface area contributed by atoms with Crippen LogP contribution in [0.2, 0.25) is 0 Å². The van der Waals surface area contributed by atoms with Gasteiger partial charge in [0, 0.05) is 14.0 Å². The summed E-state index contributed by atoms with van der Waals surface area (Å²) in [7, 11) is 1.60. The first kappa shape index (κ1) is 20.6. The number of rotatable bonds is 9. The molecule has 2 heterocycles. The summed E-state index contributed by atoms with van der Waals surface area (Å²) < 4.78 is 16.6. The zero-order valence-electron chi connectivity index (χ0n) is 15.8. The fourth-order valence-corrected chi connectivity index (χ4v) is 4.33. The molecule has 2 fully saturated rings. The van der Waals surface area contributed by atoms with Gasteiger partial charge in [-0.1, -0.05) is 18.2 Å². The van der Waals surface area contributed by atoms with Crippen LogP contribution in [-0.2, 0) is 23.9 Å². The normalized spacial score (nSPS) is 26.6. The highest BCUT2D eigenvalue weighted by Crippen LogP contribution is 2.33. The molecule has 2 unspecified atom stereocenters. The molecular formula is C19H24N2O6S. The number of nitrogens with one attached hydrogen (secondary N) is 1. The quantitative estimate of drug-likeness (QED) is 0.613. The molecule has 1 aromatic carbocycles. The van der Waals surface area contributed by atoms with E-state index >= 15 is 0 Å². The fraction of sp³-hybridized carbons (Fsp3) is 0.526. The second-order valence-corrected chi connectivity index (χ2v) is 7.78. The Morgan fingerprint density at radius 1 is 1.29 bits per heavy atom. The van der Waals surface area contributed by atoms with E-state index < -0.39 is 17.6 Å². The lowest BCUT2D eigenvalue weighted by atomic mass is 10.1. The maximum absolute atomic E-state index is 12.5. The molecule has 2 aliphatic heterocycles. The molecule has 0 aliphatic carbocycles. The number of nitrogens with zero attached hydrogens (tertiary/aromatic N) is 1. The van der Waals surface area contributed by atoms with Crippen molar-refractivity contribution in [2.75, 3.05) is 19.5 Å². The van der Waals surface area contributed by atoms with E-state index in [1.807, 2.05) is 18.2 Å². The van der Waals surface area contributed by atoms with Crippen LogP contribution >= 0.6 is 11.8 Å². The molecule has 1 aromatic rings. The minimum Gasteiger partial charge on any atom is -0.477 e. The lowest BCUT2D eigenvalue weighted by Crippen LogP contribution is -2.70. The minimum atomic E-state index is -0.766. The number of hydrogen-bond acceptors (Lipinski definition) is 7. The summed E-state index contributed by atoms with van der Waals surface area (Å²) in [5, 5.41) is 0.730. The summed E-state index contributed by atoms with van der Waals surface area (Å²) in [5.74, 6) is -0.0234. The number of benzene rings is 1. The Hall–Kier alpha value is -2.10. The first-order valence-corrected chi connectivity index (χ1v) is 10.1. The van der Waals surface area contributed by atoms with Crippen molar-refractivity contribution < 1.29 is 28.6 Å².